The lowest BCUT2D eigenvalue weighted by molar-refractivity contribution is -0.301. The van der Waals surface area contributed by atoms with Crippen molar-refractivity contribution in [2.24, 2.45) is 0 Å². The normalized spacial score (nSPS) is 18.4. The van der Waals surface area contributed by atoms with Crippen molar-refractivity contribution in [3.8, 4) is 0 Å². The monoisotopic (exact) mass is 1130 g/mol. The van der Waals surface area contributed by atoms with Crippen LogP contribution in [0, 0.1) is 0 Å². The summed E-state index contributed by atoms with van der Waals surface area (Å²) in [6.07, 6.45) is 62.1. The van der Waals surface area contributed by atoms with Crippen LogP contribution in [0.1, 0.15) is 265 Å². The summed E-state index contributed by atoms with van der Waals surface area (Å²) in [6, 6.07) is 0. The summed E-state index contributed by atoms with van der Waals surface area (Å²) in [4.78, 5) is 51.3. The lowest BCUT2D eigenvalue weighted by Gasteiger charge is -2.40. The first-order valence-electron chi connectivity index (χ1n) is 32.2. The third-order valence-corrected chi connectivity index (χ3v) is 14.1. The van der Waals surface area contributed by atoms with E-state index in [2.05, 4.69) is 118 Å². The van der Waals surface area contributed by atoms with Gasteiger partial charge >= 0.3 is 23.9 Å². The number of esters is 3. The molecular formula is C69H114O12. The Morgan fingerprint density at radius 1 is 0.420 bits per heavy atom. The number of allylic oxidation sites excluding steroid dienone is 16. The minimum atomic E-state index is -1.91. The molecule has 0 radical (unpaired) electrons. The van der Waals surface area contributed by atoms with Crippen LogP contribution in [0.4, 0.5) is 0 Å². The van der Waals surface area contributed by atoms with Gasteiger partial charge in [0.05, 0.1) is 6.61 Å². The number of hydrogen-bond donors (Lipinski definition) is 3. The first-order valence-corrected chi connectivity index (χ1v) is 32.2. The van der Waals surface area contributed by atoms with Gasteiger partial charge in [0.25, 0.3) is 0 Å². The summed E-state index contributed by atoms with van der Waals surface area (Å²) in [5, 5.41) is 31.6. The van der Waals surface area contributed by atoms with Crippen molar-refractivity contribution in [1.82, 2.24) is 0 Å². The van der Waals surface area contributed by atoms with Crippen molar-refractivity contribution in [3.05, 3.63) is 97.2 Å². The van der Waals surface area contributed by atoms with Crippen molar-refractivity contribution in [3.63, 3.8) is 0 Å². The number of carbonyl (C=O) groups is 4. The van der Waals surface area contributed by atoms with Gasteiger partial charge in [0.1, 0.15) is 18.8 Å². The predicted molar refractivity (Wildman–Crippen MR) is 331 cm³/mol. The number of aliphatic hydroxyl groups excluding tert-OH is 2. The fourth-order valence-electron chi connectivity index (χ4n) is 9.25. The molecule has 0 amide bonds. The number of rotatable bonds is 54. The molecule has 1 aliphatic rings. The second-order valence-corrected chi connectivity index (χ2v) is 21.6. The number of unbranched alkanes of at least 4 members (excludes halogenated alkanes) is 24. The smallest absolute Gasteiger partial charge is 0.335 e. The first-order chi connectivity index (χ1) is 39.6. The van der Waals surface area contributed by atoms with Crippen molar-refractivity contribution in [1.29, 1.82) is 0 Å². The molecule has 0 bridgehead atoms. The molecule has 12 heteroatoms. The fraction of sp³-hybridized carbons (Fsp3) is 0.710. The molecule has 462 valence electrons. The summed E-state index contributed by atoms with van der Waals surface area (Å²) in [5.41, 5.74) is 0. The van der Waals surface area contributed by atoms with Gasteiger partial charge in [0, 0.05) is 19.3 Å². The van der Waals surface area contributed by atoms with Crippen molar-refractivity contribution in [2.75, 3.05) is 13.2 Å². The topological polar surface area (TPSA) is 175 Å². The van der Waals surface area contributed by atoms with Gasteiger partial charge in [-0.05, 0) is 116 Å². The standard InChI is InChI=1S/C69H114O12/c1-4-7-10-13-16-19-22-25-28-31-34-37-40-43-46-49-52-55-61(70)77-58-60(79-62(71)56-53-50-47-44-41-38-35-32-29-26-23-20-17-14-11-8-5-2)59-78-69-67(65(74)64(73)66(81-69)68(75)76)80-63(72)57-54-51-48-45-42-39-36-33-30-27-24-21-18-15-12-9-6-3/h7,9-10,12,16-21,25-30,60,64-67,69,73-74H,4-6,8,11,13-15,22-24,31-59H2,1-3H3,(H,75,76)/b10-7-,12-9-,19-16-,20-17-,21-18-,28-25-,29-26-,30-27-. The van der Waals surface area contributed by atoms with Crippen LogP contribution in [0.25, 0.3) is 0 Å². The number of carbonyl (C=O) groups excluding carboxylic acids is 3. The maximum atomic E-state index is 13.2. The van der Waals surface area contributed by atoms with Crippen LogP contribution in [0.2, 0.25) is 0 Å². The molecule has 1 saturated heterocycles. The molecular weight excluding hydrogens is 1020 g/mol. The third kappa shape index (κ3) is 45.8. The van der Waals surface area contributed by atoms with Crippen LogP contribution >= 0.6 is 0 Å². The zero-order valence-corrected chi connectivity index (χ0v) is 51.0. The molecule has 0 spiro atoms. The van der Waals surface area contributed by atoms with Crippen LogP contribution in [-0.2, 0) is 42.9 Å². The highest BCUT2D eigenvalue weighted by Gasteiger charge is 2.50. The van der Waals surface area contributed by atoms with Crippen LogP contribution in [0.3, 0.4) is 0 Å². The maximum Gasteiger partial charge on any atom is 0.335 e. The van der Waals surface area contributed by atoms with E-state index in [1.54, 1.807) is 0 Å². The molecule has 3 N–H and O–H groups in total. The van der Waals surface area contributed by atoms with E-state index in [-0.39, 0.29) is 25.9 Å². The van der Waals surface area contributed by atoms with Gasteiger partial charge < -0.3 is 39.0 Å². The summed E-state index contributed by atoms with van der Waals surface area (Å²) < 4.78 is 28.5. The molecule has 1 heterocycles. The lowest BCUT2D eigenvalue weighted by Crippen LogP contribution is -2.61. The Morgan fingerprint density at radius 2 is 0.778 bits per heavy atom. The Bertz CT molecular complexity index is 1780. The number of ether oxygens (including phenoxy) is 5. The van der Waals surface area contributed by atoms with Crippen LogP contribution < -0.4 is 0 Å². The summed E-state index contributed by atoms with van der Waals surface area (Å²) in [7, 11) is 0. The average Bonchev–Trinajstić information content (AvgIpc) is 3.53. The highest BCUT2D eigenvalue weighted by Crippen LogP contribution is 2.26. The van der Waals surface area contributed by atoms with E-state index in [1.807, 2.05) is 0 Å². The van der Waals surface area contributed by atoms with Gasteiger partial charge in [-0.15, -0.1) is 0 Å². The number of aliphatic hydroxyl groups is 2. The highest BCUT2D eigenvalue weighted by molar-refractivity contribution is 5.74. The largest absolute Gasteiger partial charge is 0.479 e. The summed E-state index contributed by atoms with van der Waals surface area (Å²) >= 11 is 0. The highest BCUT2D eigenvalue weighted by atomic mass is 16.7. The van der Waals surface area contributed by atoms with E-state index in [0.717, 1.165) is 167 Å². The zero-order valence-electron chi connectivity index (χ0n) is 51.0. The second-order valence-electron chi connectivity index (χ2n) is 21.6. The van der Waals surface area contributed by atoms with Gasteiger partial charge in [-0.25, -0.2) is 4.79 Å². The van der Waals surface area contributed by atoms with Gasteiger partial charge in [0.2, 0.25) is 0 Å². The minimum absolute atomic E-state index is 0.0438. The number of carboxylic acid groups (broad SMARTS) is 1. The number of hydrogen-bond acceptors (Lipinski definition) is 11. The Balaban J connectivity index is 2.68. The molecule has 6 unspecified atom stereocenters. The molecule has 12 nitrogen and oxygen atoms in total. The molecule has 1 rings (SSSR count). The van der Waals surface area contributed by atoms with Crippen molar-refractivity contribution in [2.45, 2.75) is 302 Å². The molecule has 81 heavy (non-hydrogen) atoms. The van der Waals surface area contributed by atoms with Gasteiger partial charge in [-0.1, -0.05) is 227 Å². The fourth-order valence-corrected chi connectivity index (χ4v) is 9.25. The molecule has 0 aromatic carbocycles. The first kappa shape index (κ1) is 74.7. The molecule has 0 aromatic rings. The SMILES string of the molecule is CC/C=C\C/C=C\C/C=C\CCCCCCCCCC(=O)OCC(COC1OC(C(=O)O)C(O)C(O)C1OC(=O)CCCCCCCCC/C=C\C/C=C\C/C=C\CC)OC(=O)CCCCCCCCC/C=C\C/C=C\CCCCC. The van der Waals surface area contributed by atoms with Crippen LogP contribution in [0.5, 0.6) is 0 Å². The number of aliphatic carboxylic acids is 1. The van der Waals surface area contributed by atoms with E-state index >= 15 is 0 Å². The second kappa shape index (κ2) is 56.1. The Labute approximate surface area is 492 Å². The van der Waals surface area contributed by atoms with Crippen molar-refractivity contribution >= 4 is 23.9 Å². The lowest BCUT2D eigenvalue weighted by atomic mass is 9.98. The Morgan fingerprint density at radius 3 is 1.19 bits per heavy atom. The Kier molecular flexibility index (Phi) is 51.7. The quantitative estimate of drug-likeness (QED) is 0.0228. The molecule has 0 aromatic heterocycles. The zero-order chi connectivity index (χ0) is 58.9. The summed E-state index contributed by atoms with van der Waals surface area (Å²) in [6.45, 7) is 5.75. The van der Waals surface area contributed by atoms with E-state index in [1.165, 1.54) is 38.5 Å². The molecule has 1 fully saturated rings. The molecule has 0 aliphatic carbocycles. The van der Waals surface area contributed by atoms with Gasteiger partial charge in [-0.2, -0.15) is 0 Å². The van der Waals surface area contributed by atoms with Crippen molar-refractivity contribution < 1.29 is 58.2 Å². The Hall–Kier alpha value is -4.36. The summed E-state index contributed by atoms with van der Waals surface area (Å²) in [5.74, 6) is -3.15. The van der Waals surface area contributed by atoms with Gasteiger partial charge in [0.15, 0.2) is 24.6 Å². The molecule has 0 saturated carbocycles. The predicted octanol–water partition coefficient (Wildman–Crippen LogP) is 17.2. The van der Waals surface area contributed by atoms with Crippen LogP contribution in [0.15, 0.2) is 97.2 Å². The minimum Gasteiger partial charge on any atom is -0.479 e. The third-order valence-electron chi connectivity index (χ3n) is 14.1. The molecule has 1 aliphatic heterocycles. The van der Waals surface area contributed by atoms with E-state index in [4.69, 9.17) is 23.7 Å². The van der Waals surface area contributed by atoms with E-state index < -0.39 is 67.3 Å². The van der Waals surface area contributed by atoms with Gasteiger partial charge in [-0.3, -0.25) is 14.4 Å². The van der Waals surface area contributed by atoms with E-state index in [0.29, 0.717) is 19.3 Å². The van der Waals surface area contributed by atoms with E-state index in [9.17, 15) is 34.5 Å². The maximum absolute atomic E-state index is 13.2. The average molecular weight is 1140 g/mol. The van der Waals surface area contributed by atoms with Crippen LogP contribution in [-0.4, -0.2) is 89.2 Å². The number of carboxylic acids is 1. The molecule has 6 atom stereocenters.